The molecule has 1 N–H and O–H groups in total. The molecule has 0 fully saturated rings. The van der Waals surface area contributed by atoms with Crippen LogP contribution in [0.15, 0.2) is 48.5 Å². The smallest absolute Gasteiger partial charge is 0.243 e. The Bertz CT molecular complexity index is 864. The van der Waals surface area contributed by atoms with Crippen LogP contribution in [0.3, 0.4) is 0 Å². The molecule has 2 rings (SSSR count). The van der Waals surface area contributed by atoms with E-state index in [2.05, 4.69) is 5.32 Å². The summed E-state index contributed by atoms with van der Waals surface area (Å²) in [6.07, 6.45) is 1.82. The molecule has 5 nitrogen and oxygen atoms in total. The van der Waals surface area contributed by atoms with Gasteiger partial charge in [-0.25, -0.2) is 8.42 Å². The van der Waals surface area contributed by atoms with Crippen molar-refractivity contribution in [2.24, 2.45) is 0 Å². The maximum absolute atomic E-state index is 12.5. The molecule has 26 heavy (non-hydrogen) atoms. The van der Waals surface area contributed by atoms with E-state index in [0.29, 0.717) is 18.7 Å². The van der Waals surface area contributed by atoms with Crippen molar-refractivity contribution in [2.75, 3.05) is 17.1 Å². The Morgan fingerprint density at radius 1 is 1.08 bits per heavy atom. The Morgan fingerprint density at radius 2 is 1.73 bits per heavy atom. The third kappa shape index (κ3) is 5.08. The lowest BCUT2D eigenvalue weighted by atomic mass is 10.1. The van der Waals surface area contributed by atoms with Gasteiger partial charge >= 0.3 is 0 Å². The van der Waals surface area contributed by atoms with E-state index in [0.717, 1.165) is 22.9 Å². The number of nitrogens with one attached hydrogen (secondary N) is 1. The molecule has 0 bridgehead atoms. The van der Waals surface area contributed by atoms with Crippen molar-refractivity contribution < 1.29 is 13.2 Å². The van der Waals surface area contributed by atoms with E-state index >= 15 is 0 Å². The highest BCUT2D eigenvalue weighted by Crippen LogP contribution is 2.23. The summed E-state index contributed by atoms with van der Waals surface area (Å²) in [4.78, 5) is 12.5. The summed E-state index contributed by atoms with van der Waals surface area (Å²) in [5.41, 5.74) is 3.67. The third-order valence-electron chi connectivity index (χ3n) is 4.39. The zero-order valence-electron chi connectivity index (χ0n) is 15.7. The van der Waals surface area contributed by atoms with Gasteiger partial charge in [-0.3, -0.25) is 9.10 Å². The lowest BCUT2D eigenvalue weighted by Gasteiger charge is -2.28. The van der Waals surface area contributed by atoms with Gasteiger partial charge in [0.15, 0.2) is 0 Å². The van der Waals surface area contributed by atoms with Gasteiger partial charge in [-0.05, 0) is 56.0 Å². The fourth-order valence-electron chi connectivity index (χ4n) is 2.79. The summed E-state index contributed by atoms with van der Waals surface area (Å²) < 4.78 is 25.8. The summed E-state index contributed by atoms with van der Waals surface area (Å²) in [6.45, 7) is 5.94. The molecule has 0 aliphatic heterocycles. The second kappa shape index (κ2) is 8.36. The number of carbonyl (C=O) groups is 1. The Hall–Kier alpha value is -2.34. The molecule has 0 spiro atoms. The summed E-state index contributed by atoms with van der Waals surface area (Å²) in [6, 6.07) is 14.4. The predicted octanol–water partition coefficient (Wildman–Crippen LogP) is 2.82. The first-order chi connectivity index (χ1) is 12.2. The van der Waals surface area contributed by atoms with E-state index in [1.165, 1.54) is 4.31 Å². The summed E-state index contributed by atoms with van der Waals surface area (Å²) in [7, 11) is -3.60. The highest BCUT2D eigenvalue weighted by molar-refractivity contribution is 7.92. The van der Waals surface area contributed by atoms with Crippen LogP contribution in [0.2, 0.25) is 0 Å². The van der Waals surface area contributed by atoms with E-state index in [1.54, 1.807) is 19.1 Å². The van der Waals surface area contributed by atoms with Crippen LogP contribution in [0.4, 0.5) is 5.69 Å². The highest BCUT2D eigenvalue weighted by atomic mass is 32.2. The van der Waals surface area contributed by atoms with Gasteiger partial charge in [-0.15, -0.1) is 0 Å². The number of anilines is 1. The van der Waals surface area contributed by atoms with Gasteiger partial charge in [0, 0.05) is 6.54 Å². The van der Waals surface area contributed by atoms with Gasteiger partial charge in [0.2, 0.25) is 15.9 Å². The molecule has 0 saturated heterocycles. The second-order valence-corrected chi connectivity index (χ2v) is 8.39. The van der Waals surface area contributed by atoms with Crippen LogP contribution in [0.1, 0.15) is 23.6 Å². The predicted molar refractivity (Wildman–Crippen MR) is 106 cm³/mol. The summed E-state index contributed by atoms with van der Waals surface area (Å²) >= 11 is 0. The van der Waals surface area contributed by atoms with Gasteiger partial charge < -0.3 is 5.32 Å². The number of carbonyl (C=O) groups excluding carboxylic acids is 1. The Morgan fingerprint density at radius 3 is 2.31 bits per heavy atom. The van der Waals surface area contributed by atoms with Crippen LogP contribution in [-0.2, 0) is 21.2 Å². The number of benzene rings is 2. The molecule has 0 radical (unpaired) electrons. The number of aryl methyl sites for hydroxylation is 2. The summed E-state index contributed by atoms with van der Waals surface area (Å²) in [5, 5.41) is 2.83. The molecule has 0 saturated carbocycles. The summed E-state index contributed by atoms with van der Waals surface area (Å²) in [5.74, 6) is -0.315. The van der Waals surface area contributed by atoms with Gasteiger partial charge in [0.25, 0.3) is 0 Å². The average molecular weight is 375 g/mol. The molecule has 140 valence electrons. The maximum atomic E-state index is 12.5. The largest absolute Gasteiger partial charge is 0.354 e. The lowest BCUT2D eigenvalue weighted by molar-refractivity contribution is -0.121. The number of amides is 1. The van der Waals surface area contributed by atoms with Crippen LogP contribution in [0, 0.1) is 13.8 Å². The number of hydrogen-bond acceptors (Lipinski definition) is 3. The Balaban J connectivity index is 2.12. The first-order valence-electron chi connectivity index (χ1n) is 8.58. The number of sulfonamides is 1. The zero-order chi connectivity index (χ0) is 19.3. The first-order valence-corrected chi connectivity index (χ1v) is 10.4. The molecular formula is C20H26N2O3S. The molecule has 1 atom stereocenters. The van der Waals surface area contributed by atoms with E-state index in [1.807, 2.05) is 50.2 Å². The van der Waals surface area contributed by atoms with Gasteiger partial charge in [0.05, 0.1) is 11.9 Å². The second-order valence-electron chi connectivity index (χ2n) is 6.53. The van der Waals surface area contributed by atoms with Crippen molar-refractivity contribution in [2.45, 2.75) is 33.2 Å². The van der Waals surface area contributed by atoms with Crippen molar-refractivity contribution in [1.82, 2.24) is 5.32 Å². The van der Waals surface area contributed by atoms with Crippen LogP contribution in [0.5, 0.6) is 0 Å². The van der Waals surface area contributed by atoms with Crippen molar-refractivity contribution in [3.05, 3.63) is 65.2 Å². The molecule has 0 aliphatic rings. The molecule has 2 aromatic rings. The van der Waals surface area contributed by atoms with Crippen LogP contribution < -0.4 is 9.62 Å². The van der Waals surface area contributed by atoms with Crippen molar-refractivity contribution in [1.29, 1.82) is 0 Å². The van der Waals surface area contributed by atoms with E-state index in [4.69, 9.17) is 0 Å². The van der Waals surface area contributed by atoms with Gasteiger partial charge in [0.1, 0.15) is 6.04 Å². The quantitative estimate of drug-likeness (QED) is 0.810. The normalized spacial score (nSPS) is 12.5. The average Bonchev–Trinajstić information content (AvgIpc) is 2.58. The molecule has 0 aliphatic carbocycles. The topological polar surface area (TPSA) is 66.5 Å². The monoisotopic (exact) mass is 374 g/mol. The molecular weight excluding hydrogens is 348 g/mol. The van der Waals surface area contributed by atoms with Crippen LogP contribution in [-0.4, -0.2) is 33.2 Å². The Kier molecular flexibility index (Phi) is 6.42. The van der Waals surface area contributed by atoms with E-state index < -0.39 is 16.1 Å². The Labute approximate surface area is 156 Å². The lowest BCUT2D eigenvalue weighted by Crippen LogP contribution is -2.48. The fraction of sp³-hybridized carbons (Fsp3) is 0.350. The first kappa shape index (κ1) is 20.0. The minimum atomic E-state index is -3.60. The maximum Gasteiger partial charge on any atom is 0.243 e. The van der Waals surface area contributed by atoms with Gasteiger partial charge in [-0.2, -0.15) is 0 Å². The van der Waals surface area contributed by atoms with Crippen molar-refractivity contribution in [3.63, 3.8) is 0 Å². The fourth-order valence-corrected chi connectivity index (χ4v) is 3.96. The van der Waals surface area contributed by atoms with Crippen LogP contribution >= 0.6 is 0 Å². The molecule has 0 aromatic heterocycles. The molecule has 6 heteroatoms. The van der Waals surface area contributed by atoms with Crippen LogP contribution in [0.25, 0.3) is 0 Å². The minimum absolute atomic E-state index is 0.315. The minimum Gasteiger partial charge on any atom is -0.354 e. The van der Waals surface area contributed by atoms with E-state index in [9.17, 15) is 13.2 Å². The standard InChI is InChI=1S/C20H26N2O3S/c1-15-10-11-19(14-16(15)2)22(26(4,24)25)17(3)20(23)21-13-12-18-8-6-5-7-9-18/h5-11,14,17H,12-13H2,1-4H3,(H,21,23). The molecule has 1 amide bonds. The SMILES string of the molecule is Cc1ccc(N(C(C)C(=O)NCCc2ccccc2)S(C)(=O)=O)cc1C. The number of hydrogen-bond donors (Lipinski definition) is 1. The third-order valence-corrected chi connectivity index (χ3v) is 5.63. The molecule has 1 unspecified atom stereocenters. The number of rotatable bonds is 7. The van der Waals surface area contributed by atoms with E-state index in [-0.39, 0.29) is 5.91 Å². The highest BCUT2D eigenvalue weighted by Gasteiger charge is 2.29. The zero-order valence-corrected chi connectivity index (χ0v) is 16.5. The molecule has 2 aromatic carbocycles. The van der Waals surface area contributed by atoms with Crippen molar-refractivity contribution in [3.8, 4) is 0 Å². The van der Waals surface area contributed by atoms with Gasteiger partial charge in [-0.1, -0.05) is 36.4 Å². The van der Waals surface area contributed by atoms with Crippen molar-refractivity contribution >= 4 is 21.6 Å². The molecule has 0 heterocycles. The number of nitrogens with zero attached hydrogens (tertiary/aromatic N) is 1.